The third-order valence-electron chi connectivity index (χ3n) is 3.35. The van der Waals surface area contributed by atoms with Crippen molar-refractivity contribution in [2.24, 2.45) is 0 Å². The van der Waals surface area contributed by atoms with Gasteiger partial charge in [0.1, 0.15) is 10.6 Å². The summed E-state index contributed by atoms with van der Waals surface area (Å²) in [4.78, 5) is 15.8. The van der Waals surface area contributed by atoms with Crippen LogP contribution in [0.15, 0.2) is 35.1 Å². The number of imidazole rings is 1. The van der Waals surface area contributed by atoms with Crippen LogP contribution in [-0.4, -0.2) is 20.5 Å². The molecule has 0 saturated carbocycles. The maximum absolute atomic E-state index is 11.6. The predicted molar refractivity (Wildman–Crippen MR) is 94.3 cm³/mol. The molecule has 0 bridgehead atoms. The highest BCUT2D eigenvalue weighted by Crippen LogP contribution is 2.36. The largest absolute Gasteiger partial charge is 0.478 e. The standard InChI is InChI=1S/C15H10BrCl2N3O2/c1-7-5-19-14-12(18)13(9(15(22)23)6-21(7)14)20-11-3-2-8(16)4-10(11)17/h2-6,20H,1H3,(H,22,23). The van der Waals surface area contributed by atoms with Crippen LogP contribution in [0.4, 0.5) is 11.4 Å². The van der Waals surface area contributed by atoms with E-state index in [1.807, 2.05) is 6.92 Å². The second-order valence-electron chi connectivity index (χ2n) is 4.88. The van der Waals surface area contributed by atoms with Crippen LogP contribution in [0.5, 0.6) is 0 Å². The summed E-state index contributed by atoms with van der Waals surface area (Å²) in [6.45, 7) is 1.82. The first kappa shape index (κ1) is 16.1. The number of pyridine rings is 1. The first-order valence-electron chi connectivity index (χ1n) is 6.50. The lowest BCUT2D eigenvalue weighted by Crippen LogP contribution is -2.07. The summed E-state index contributed by atoms with van der Waals surface area (Å²) in [5.41, 5.74) is 2.10. The average Bonchev–Trinajstić information content (AvgIpc) is 2.85. The van der Waals surface area contributed by atoms with Gasteiger partial charge >= 0.3 is 5.97 Å². The van der Waals surface area contributed by atoms with Crippen molar-refractivity contribution in [3.05, 3.63) is 56.4 Å². The Kier molecular flexibility index (Phi) is 4.23. The predicted octanol–water partition coefficient (Wildman–Crippen LogP) is 5.15. The number of hydrogen-bond acceptors (Lipinski definition) is 3. The molecule has 2 heterocycles. The molecule has 0 spiro atoms. The minimum atomic E-state index is -1.10. The van der Waals surface area contributed by atoms with Gasteiger partial charge in [-0.15, -0.1) is 0 Å². The van der Waals surface area contributed by atoms with E-state index in [1.165, 1.54) is 6.20 Å². The third-order valence-corrected chi connectivity index (χ3v) is 4.51. The minimum Gasteiger partial charge on any atom is -0.478 e. The number of nitrogens with zero attached hydrogens (tertiary/aromatic N) is 2. The zero-order valence-electron chi connectivity index (χ0n) is 11.8. The van der Waals surface area contributed by atoms with E-state index >= 15 is 0 Å². The molecule has 3 aromatic rings. The Hall–Kier alpha value is -1.76. The van der Waals surface area contributed by atoms with E-state index < -0.39 is 5.97 Å². The monoisotopic (exact) mass is 413 g/mol. The number of halogens is 3. The molecule has 0 saturated heterocycles. The van der Waals surface area contributed by atoms with Crippen molar-refractivity contribution in [2.45, 2.75) is 6.92 Å². The van der Waals surface area contributed by atoms with E-state index in [1.54, 1.807) is 28.8 Å². The van der Waals surface area contributed by atoms with Gasteiger partial charge in [-0.3, -0.25) is 0 Å². The Balaban J connectivity index is 2.21. The van der Waals surface area contributed by atoms with E-state index in [0.717, 1.165) is 10.2 Å². The van der Waals surface area contributed by atoms with Crippen molar-refractivity contribution in [1.82, 2.24) is 9.38 Å². The van der Waals surface area contributed by atoms with Gasteiger partial charge in [-0.05, 0) is 25.1 Å². The van der Waals surface area contributed by atoms with Crippen LogP contribution in [-0.2, 0) is 0 Å². The number of fused-ring (bicyclic) bond motifs is 1. The summed E-state index contributed by atoms with van der Waals surface area (Å²) in [6, 6.07) is 5.23. The number of aromatic nitrogens is 2. The van der Waals surface area contributed by atoms with E-state index in [-0.39, 0.29) is 16.3 Å². The van der Waals surface area contributed by atoms with Crippen molar-refractivity contribution in [1.29, 1.82) is 0 Å². The SMILES string of the molecule is Cc1cnc2c(Cl)c(Nc3ccc(Br)cc3Cl)c(C(=O)O)cn12. The molecule has 23 heavy (non-hydrogen) atoms. The molecule has 5 nitrogen and oxygen atoms in total. The van der Waals surface area contributed by atoms with Crippen LogP contribution in [0, 0.1) is 6.92 Å². The number of anilines is 2. The van der Waals surface area contributed by atoms with Crippen molar-refractivity contribution < 1.29 is 9.90 Å². The highest BCUT2D eigenvalue weighted by molar-refractivity contribution is 9.10. The smallest absolute Gasteiger partial charge is 0.339 e. The lowest BCUT2D eigenvalue weighted by molar-refractivity contribution is 0.0697. The molecule has 118 valence electrons. The molecular formula is C15H10BrCl2N3O2. The number of rotatable bonds is 3. The van der Waals surface area contributed by atoms with Crippen LogP contribution < -0.4 is 5.32 Å². The molecule has 0 amide bonds. The van der Waals surface area contributed by atoms with Crippen LogP contribution in [0.3, 0.4) is 0 Å². The number of hydrogen-bond donors (Lipinski definition) is 2. The van der Waals surface area contributed by atoms with Crippen LogP contribution >= 0.6 is 39.1 Å². The Labute approximate surface area is 150 Å². The number of aryl methyl sites for hydroxylation is 1. The molecular weight excluding hydrogens is 405 g/mol. The fourth-order valence-corrected chi connectivity index (χ4v) is 3.21. The number of aromatic carboxylic acids is 1. The van der Waals surface area contributed by atoms with Crippen molar-refractivity contribution in [2.75, 3.05) is 5.32 Å². The van der Waals surface area contributed by atoms with Crippen molar-refractivity contribution >= 4 is 62.1 Å². The second-order valence-corrected chi connectivity index (χ2v) is 6.58. The van der Waals surface area contributed by atoms with E-state index in [9.17, 15) is 9.90 Å². The summed E-state index contributed by atoms with van der Waals surface area (Å²) < 4.78 is 2.46. The highest BCUT2D eigenvalue weighted by atomic mass is 79.9. The number of carboxylic acid groups (broad SMARTS) is 1. The van der Waals surface area contributed by atoms with Gasteiger partial charge < -0.3 is 14.8 Å². The molecule has 0 aliphatic carbocycles. The number of carboxylic acids is 1. The Bertz CT molecular complexity index is 940. The van der Waals surface area contributed by atoms with Gasteiger partial charge in [0.05, 0.1) is 16.4 Å². The Morgan fingerprint density at radius 3 is 2.78 bits per heavy atom. The molecule has 0 fully saturated rings. The molecule has 0 radical (unpaired) electrons. The molecule has 2 aromatic heterocycles. The zero-order valence-corrected chi connectivity index (χ0v) is 14.9. The highest BCUT2D eigenvalue weighted by Gasteiger charge is 2.20. The Morgan fingerprint density at radius 1 is 1.39 bits per heavy atom. The first-order chi connectivity index (χ1) is 10.9. The first-order valence-corrected chi connectivity index (χ1v) is 8.05. The third kappa shape index (κ3) is 2.89. The van der Waals surface area contributed by atoms with Gasteiger partial charge in [0.15, 0.2) is 5.65 Å². The molecule has 8 heteroatoms. The van der Waals surface area contributed by atoms with Gasteiger partial charge in [0.25, 0.3) is 0 Å². The molecule has 1 aromatic carbocycles. The fraction of sp³-hybridized carbons (Fsp3) is 0.0667. The maximum Gasteiger partial charge on any atom is 0.339 e. The fourth-order valence-electron chi connectivity index (χ4n) is 2.20. The van der Waals surface area contributed by atoms with E-state index in [2.05, 4.69) is 26.2 Å². The van der Waals surface area contributed by atoms with E-state index in [4.69, 9.17) is 23.2 Å². The van der Waals surface area contributed by atoms with Gasteiger partial charge in [-0.2, -0.15) is 0 Å². The van der Waals surface area contributed by atoms with Crippen LogP contribution in [0.25, 0.3) is 5.65 Å². The topological polar surface area (TPSA) is 66.6 Å². The molecule has 0 atom stereocenters. The van der Waals surface area contributed by atoms with E-state index in [0.29, 0.717) is 16.4 Å². The van der Waals surface area contributed by atoms with Gasteiger partial charge in [0.2, 0.25) is 0 Å². The lowest BCUT2D eigenvalue weighted by Gasteiger charge is -2.14. The Morgan fingerprint density at radius 2 is 2.13 bits per heavy atom. The summed E-state index contributed by atoms with van der Waals surface area (Å²) in [5.74, 6) is -1.10. The normalized spacial score (nSPS) is 11.0. The van der Waals surface area contributed by atoms with Gasteiger partial charge in [0, 0.05) is 22.6 Å². The van der Waals surface area contributed by atoms with Gasteiger partial charge in [-0.25, -0.2) is 9.78 Å². The summed E-state index contributed by atoms with van der Waals surface area (Å²) in [7, 11) is 0. The van der Waals surface area contributed by atoms with Crippen LogP contribution in [0.2, 0.25) is 10.0 Å². The molecule has 3 rings (SSSR count). The average molecular weight is 415 g/mol. The summed E-state index contributed by atoms with van der Waals surface area (Å²) in [5, 5.41) is 13.2. The van der Waals surface area contributed by atoms with Gasteiger partial charge in [-0.1, -0.05) is 39.1 Å². The molecule has 0 unspecified atom stereocenters. The van der Waals surface area contributed by atoms with Crippen molar-refractivity contribution in [3.63, 3.8) is 0 Å². The minimum absolute atomic E-state index is 0.0302. The number of nitrogens with one attached hydrogen (secondary N) is 1. The second kappa shape index (κ2) is 6.03. The number of benzene rings is 1. The lowest BCUT2D eigenvalue weighted by atomic mass is 10.2. The quantitative estimate of drug-likeness (QED) is 0.621. The number of carbonyl (C=O) groups is 1. The summed E-state index contributed by atoms with van der Waals surface area (Å²) in [6.07, 6.45) is 3.12. The molecule has 2 N–H and O–H groups in total. The zero-order chi connectivity index (χ0) is 16.7. The molecule has 0 aliphatic heterocycles. The maximum atomic E-state index is 11.6. The van der Waals surface area contributed by atoms with Crippen LogP contribution in [0.1, 0.15) is 16.1 Å². The summed E-state index contributed by atoms with van der Waals surface area (Å²) >= 11 is 15.9. The molecule has 0 aliphatic rings. The van der Waals surface area contributed by atoms with Crippen molar-refractivity contribution in [3.8, 4) is 0 Å².